The van der Waals surface area contributed by atoms with Crippen molar-refractivity contribution in [1.29, 1.82) is 0 Å². The highest BCUT2D eigenvalue weighted by Crippen LogP contribution is 2.36. The number of ether oxygens (including phenoxy) is 2. The Bertz CT molecular complexity index is 1300. The summed E-state index contributed by atoms with van der Waals surface area (Å²) in [6, 6.07) is 9.20. The highest BCUT2D eigenvalue weighted by Gasteiger charge is 2.23. The summed E-state index contributed by atoms with van der Waals surface area (Å²) >= 11 is 5.92. The van der Waals surface area contributed by atoms with Gasteiger partial charge in [-0.05, 0) is 18.2 Å². The number of benzene rings is 2. The average molecular weight is 450 g/mol. The maximum atomic E-state index is 12.9. The summed E-state index contributed by atoms with van der Waals surface area (Å²) in [5.74, 6) is 1.20. The first-order chi connectivity index (χ1) is 14.4. The smallest absolute Gasteiger partial charge is 0.266 e. The van der Waals surface area contributed by atoms with Gasteiger partial charge < -0.3 is 19.3 Å². The minimum absolute atomic E-state index is 0.00777. The number of halogens is 1. The quantitative estimate of drug-likeness (QED) is 0.388. The third-order valence-corrected chi connectivity index (χ3v) is 5.82. The average Bonchev–Trinajstić information content (AvgIpc) is 3.37. The van der Waals surface area contributed by atoms with Crippen LogP contribution in [0.25, 0.3) is 11.0 Å². The number of H-pyrrole nitrogens is 1. The number of methoxy groups -OCH3 is 2. The number of hydrogen-bond donors (Lipinski definition) is 3. The Morgan fingerprint density at radius 2 is 1.90 bits per heavy atom. The van der Waals surface area contributed by atoms with E-state index < -0.39 is 10.0 Å². The Kier molecular flexibility index (Phi) is 5.14. The van der Waals surface area contributed by atoms with E-state index in [1.54, 1.807) is 24.4 Å². The zero-order valence-corrected chi connectivity index (χ0v) is 17.3. The van der Waals surface area contributed by atoms with Gasteiger partial charge in [-0.15, -0.1) is 0 Å². The van der Waals surface area contributed by atoms with Crippen LogP contribution in [0.2, 0.25) is 5.02 Å². The number of sulfonamides is 1. The molecule has 0 amide bonds. The van der Waals surface area contributed by atoms with Crippen LogP contribution in [0, 0.1) is 0 Å². The molecule has 0 saturated carbocycles. The Morgan fingerprint density at radius 3 is 2.60 bits per heavy atom. The van der Waals surface area contributed by atoms with Crippen LogP contribution in [0.5, 0.6) is 11.5 Å². The zero-order valence-electron chi connectivity index (χ0n) is 15.8. The molecule has 10 nitrogen and oxygen atoms in total. The molecule has 0 atom stereocenters. The molecular formula is C18H16ClN5O5S. The molecule has 2 heterocycles. The number of nitrogens with one attached hydrogen (secondary N) is 3. The van der Waals surface area contributed by atoms with Crippen molar-refractivity contribution < 1.29 is 22.4 Å². The molecule has 0 bridgehead atoms. The van der Waals surface area contributed by atoms with Gasteiger partial charge in [0.2, 0.25) is 0 Å². The van der Waals surface area contributed by atoms with E-state index >= 15 is 0 Å². The highest BCUT2D eigenvalue weighted by molar-refractivity contribution is 7.92. The summed E-state index contributed by atoms with van der Waals surface area (Å²) in [7, 11) is -1.18. The van der Waals surface area contributed by atoms with E-state index in [4.69, 9.17) is 25.6 Å². The van der Waals surface area contributed by atoms with Crippen LogP contribution >= 0.6 is 11.6 Å². The summed E-state index contributed by atoms with van der Waals surface area (Å²) < 4.78 is 44.1. The van der Waals surface area contributed by atoms with Crippen LogP contribution in [-0.2, 0) is 10.0 Å². The lowest BCUT2D eigenvalue weighted by atomic mass is 10.2. The fourth-order valence-electron chi connectivity index (χ4n) is 2.82. The number of rotatable bonds is 7. The topological polar surface area (TPSA) is 131 Å². The fraction of sp³-hybridized carbons (Fsp3) is 0.111. The molecule has 2 aromatic carbocycles. The Labute approximate surface area is 176 Å². The highest BCUT2D eigenvalue weighted by atomic mass is 35.5. The van der Waals surface area contributed by atoms with E-state index in [1.165, 1.54) is 32.4 Å². The SMILES string of the molecule is COc1cc2c(NS(=O)(=O)c3ccc(Cl)cc3OC)noc2cc1Nc1ccn[nH]1. The molecule has 0 spiro atoms. The summed E-state index contributed by atoms with van der Waals surface area (Å²) in [6.45, 7) is 0. The van der Waals surface area contributed by atoms with Crippen LogP contribution in [0.3, 0.4) is 0 Å². The van der Waals surface area contributed by atoms with Crippen LogP contribution in [0.4, 0.5) is 17.3 Å². The molecule has 3 N–H and O–H groups in total. The van der Waals surface area contributed by atoms with Gasteiger partial charge >= 0.3 is 0 Å². The lowest BCUT2D eigenvalue weighted by Gasteiger charge is -2.11. The van der Waals surface area contributed by atoms with E-state index in [-0.39, 0.29) is 16.5 Å². The number of fused-ring (bicyclic) bond motifs is 1. The molecule has 0 radical (unpaired) electrons. The lowest BCUT2D eigenvalue weighted by molar-refractivity contribution is 0.403. The number of hydrogen-bond acceptors (Lipinski definition) is 8. The Balaban J connectivity index is 1.71. The van der Waals surface area contributed by atoms with E-state index in [9.17, 15) is 8.42 Å². The van der Waals surface area contributed by atoms with Crippen molar-refractivity contribution in [2.45, 2.75) is 4.90 Å². The van der Waals surface area contributed by atoms with Gasteiger partial charge in [0.1, 0.15) is 22.2 Å². The molecule has 4 aromatic rings. The number of aromatic amines is 1. The van der Waals surface area contributed by atoms with Crippen LogP contribution in [0.15, 0.2) is 52.0 Å². The molecular weight excluding hydrogens is 434 g/mol. The second-order valence-electron chi connectivity index (χ2n) is 6.08. The summed E-state index contributed by atoms with van der Waals surface area (Å²) in [5.41, 5.74) is 0.928. The maximum absolute atomic E-state index is 12.9. The van der Waals surface area contributed by atoms with Gasteiger partial charge in [-0.3, -0.25) is 9.82 Å². The lowest BCUT2D eigenvalue weighted by Crippen LogP contribution is -2.14. The van der Waals surface area contributed by atoms with Crippen molar-refractivity contribution in [1.82, 2.24) is 15.4 Å². The van der Waals surface area contributed by atoms with Crippen LogP contribution in [0.1, 0.15) is 0 Å². The van der Waals surface area contributed by atoms with E-state index in [0.29, 0.717) is 33.2 Å². The Morgan fingerprint density at radius 1 is 1.10 bits per heavy atom. The molecule has 2 aromatic heterocycles. The van der Waals surface area contributed by atoms with Crippen LogP contribution < -0.4 is 19.5 Å². The summed E-state index contributed by atoms with van der Waals surface area (Å²) in [5, 5.41) is 14.4. The normalized spacial score (nSPS) is 11.4. The number of aromatic nitrogens is 3. The first-order valence-corrected chi connectivity index (χ1v) is 10.4. The Hall–Kier alpha value is -3.44. The minimum Gasteiger partial charge on any atom is -0.495 e. The van der Waals surface area contributed by atoms with Crippen molar-refractivity contribution >= 4 is 49.9 Å². The predicted octanol–water partition coefficient (Wildman–Crippen LogP) is 3.77. The van der Waals surface area contributed by atoms with Crippen LogP contribution in [-0.4, -0.2) is 38.0 Å². The standard InChI is InChI=1S/C18H16ClN5O5S/c1-27-14-8-11-13(9-12(14)21-17-5-6-20-22-17)29-23-18(11)24-30(25,26)16-4-3-10(19)7-15(16)28-2/h3-9H,1-2H3,(H,23,24)(H2,20,21,22). The first kappa shape index (κ1) is 19.9. The van der Waals surface area contributed by atoms with E-state index in [0.717, 1.165) is 0 Å². The van der Waals surface area contributed by atoms with Crippen molar-refractivity contribution in [2.75, 3.05) is 24.3 Å². The largest absolute Gasteiger partial charge is 0.495 e. The molecule has 12 heteroatoms. The zero-order chi connectivity index (χ0) is 21.3. The number of anilines is 3. The van der Waals surface area contributed by atoms with Gasteiger partial charge in [-0.1, -0.05) is 16.8 Å². The molecule has 0 aliphatic heterocycles. The fourth-order valence-corrected chi connectivity index (χ4v) is 4.15. The third-order valence-electron chi connectivity index (χ3n) is 4.21. The van der Waals surface area contributed by atoms with Crippen molar-refractivity contribution in [3.63, 3.8) is 0 Å². The third kappa shape index (κ3) is 3.72. The summed E-state index contributed by atoms with van der Waals surface area (Å²) in [4.78, 5) is -0.0879. The van der Waals surface area contributed by atoms with Gasteiger partial charge in [0.25, 0.3) is 10.0 Å². The summed E-state index contributed by atoms with van der Waals surface area (Å²) in [6.07, 6.45) is 1.60. The minimum atomic E-state index is -4.03. The van der Waals surface area contributed by atoms with Gasteiger partial charge in [0, 0.05) is 23.2 Å². The predicted molar refractivity (Wildman–Crippen MR) is 111 cm³/mol. The van der Waals surface area contributed by atoms with Gasteiger partial charge in [-0.2, -0.15) is 5.10 Å². The van der Waals surface area contributed by atoms with E-state index in [2.05, 4.69) is 25.4 Å². The molecule has 0 saturated heterocycles. The molecule has 30 heavy (non-hydrogen) atoms. The van der Waals surface area contributed by atoms with Crippen molar-refractivity contribution in [3.05, 3.63) is 47.6 Å². The van der Waals surface area contributed by atoms with Gasteiger partial charge in [0.05, 0.1) is 31.5 Å². The van der Waals surface area contributed by atoms with Crippen molar-refractivity contribution in [3.8, 4) is 11.5 Å². The van der Waals surface area contributed by atoms with Crippen molar-refractivity contribution in [2.24, 2.45) is 0 Å². The maximum Gasteiger partial charge on any atom is 0.266 e. The molecule has 0 fully saturated rings. The monoisotopic (exact) mass is 449 g/mol. The second-order valence-corrected chi connectivity index (χ2v) is 8.16. The first-order valence-electron chi connectivity index (χ1n) is 8.51. The molecule has 0 aliphatic carbocycles. The molecule has 0 unspecified atom stereocenters. The van der Waals surface area contributed by atoms with E-state index in [1.807, 2.05) is 0 Å². The number of nitrogens with zero attached hydrogens (tertiary/aromatic N) is 2. The second kappa shape index (κ2) is 7.76. The molecule has 0 aliphatic rings. The van der Waals surface area contributed by atoms with Gasteiger partial charge in [-0.25, -0.2) is 8.42 Å². The van der Waals surface area contributed by atoms with Gasteiger partial charge in [0.15, 0.2) is 11.4 Å². The molecule has 4 rings (SSSR count). The molecule has 156 valence electrons.